The first-order valence-electron chi connectivity index (χ1n) is 6.35. The number of benzene rings is 1. The van der Waals surface area contributed by atoms with E-state index in [1.165, 1.54) is 21.3 Å². The fourth-order valence-electron chi connectivity index (χ4n) is 2.53. The Morgan fingerprint density at radius 3 is 2.74 bits per heavy atom. The number of rotatable bonds is 3. The van der Waals surface area contributed by atoms with Crippen molar-refractivity contribution in [3.05, 3.63) is 51.8 Å². The minimum atomic E-state index is 0.158. The summed E-state index contributed by atoms with van der Waals surface area (Å²) in [6.45, 7) is 2.15. The summed E-state index contributed by atoms with van der Waals surface area (Å²) < 4.78 is 1.96. The summed E-state index contributed by atoms with van der Waals surface area (Å²) in [4.78, 5) is 1.34. The number of hydrogen-bond acceptors (Lipinski definition) is 3. The van der Waals surface area contributed by atoms with E-state index in [1.807, 2.05) is 18.8 Å². The van der Waals surface area contributed by atoms with Gasteiger partial charge in [0.2, 0.25) is 0 Å². The lowest BCUT2D eigenvalue weighted by Crippen LogP contribution is -2.18. The zero-order valence-corrected chi connectivity index (χ0v) is 12.2. The second-order valence-electron chi connectivity index (χ2n) is 4.72. The van der Waals surface area contributed by atoms with Crippen molar-refractivity contribution in [2.75, 3.05) is 7.05 Å². The van der Waals surface area contributed by atoms with Crippen molar-refractivity contribution in [1.82, 2.24) is 15.1 Å². The first-order chi connectivity index (χ1) is 9.22. The van der Waals surface area contributed by atoms with Crippen LogP contribution in [0.3, 0.4) is 0 Å². The van der Waals surface area contributed by atoms with Gasteiger partial charge in [-0.05, 0) is 37.0 Å². The summed E-state index contributed by atoms with van der Waals surface area (Å²) in [5, 5.41) is 11.5. The Bertz CT molecular complexity index is 711. The van der Waals surface area contributed by atoms with Crippen LogP contribution in [0, 0.1) is 6.92 Å². The van der Waals surface area contributed by atoms with Crippen molar-refractivity contribution in [3.8, 4) is 0 Å². The van der Waals surface area contributed by atoms with E-state index in [2.05, 4.69) is 48.0 Å². The second kappa shape index (κ2) is 4.79. The van der Waals surface area contributed by atoms with Gasteiger partial charge in [-0.25, -0.2) is 0 Å². The van der Waals surface area contributed by atoms with Crippen LogP contribution in [-0.4, -0.2) is 16.8 Å². The number of nitrogens with one attached hydrogen (secondary N) is 1. The molecule has 2 aromatic heterocycles. The van der Waals surface area contributed by atoms with E-state index >= 15 is 0 Å². The minimum Gasteiger partial charge on any atom is -0.307 e. The van der Waals surface area contributed by atoms with Gasteiger partial charge in [0.05, 0.1) is 17.3 Å². The highest BCUT2D eigenvalue weighted by Gasteiger charge is 2.21. The molecule has 0 spiro atoms. The third-order valence-corrected chi connectivity index (χ3v) is 4.60. The Labute approximate surface area is 116 Å². The molecule has 0 aliphatic rings. The molecule has 3 nitrogen and oxygen atoms in total. The lowest BCUT2D eigenvalue weighted by atomic mass is 10.1. The molecule has 98 valence electrons. The summed E-state index contributed by atoms with van der Waals surface area (Å²) in [5.41, 5.74) is 3.59. The lowest BCUT2D eigenvalue weighted by Gasteiger charge is -2.14. The molecule has 4 heteroatoms. The first kappa shape index (κ1) is 12.4. The predicted molar refractivity (Wildman–Crippen MR) is 80.7 cm³/mol. The van der Waals surface area contributed by atoms with Gasteiger partial charge >= 0.3 is 0 Å². The number of thiophene rings is 1. The largest absolute Gasteiger partial charge is 0.307 e. The van der Waals surface area contributed by atoms with E-state index in [0.717, 1.165) is 5.69 Å². The summed E-state index contributed by atoms with van der Waals surface area (Å²) in [6.07, 6.45) is 0. The molecule has 19 heavy (non-hydrogen) atoms. The summed E-state index contributed by atoms with van der Waals surface area (Å²) >= 11 is 1.78. The quantitative estimate of drug-likeness (QED) is 0.792. The van der Waals surface area contributed by atoms with Crippen LogP contribution in [0.15, 0.2) is 35.7 Å². The van der Waals surface area contributed by atoms with Gasteiger partial charge in [0.25, 0.3) is 0 Å². The van der Waals surface area contributed by atoms with Crippen LogP contribution in [0.25, 0.3) is 10.9 Å². The maximum absolute atomic E-state index is 4.72. The molecule has 0 amide bonds. The van der Waals surface area contributed by atoms with E-state index in [9.17, 15) is 0 Å². The van der Waals surface area contributed by atoms with Crippen LogP contribution in [0.5, 0.6) is 0 Å². The molecule has 1 aromatic carbocycles. The van der Waals surface area contributed by atoms with E-state index in [-0.39, 0.29) is 6.04 Å². The minimum absolute atomic E-state index is 0.158. The molecule has 0 fully saturated rings. The van der Waals surface area contributed by atoms with Crippen LogP contribution in [0.4, 0.5) is 0 Å². The molecule has 0 saturated carbocycles. The van der Waals surface area contributed by atoms with Crippen molar-refractivity contribution < 1.29 is 0 Å². The Morgan fingerprint density at radius 2 is 2.05 bits per heavy atom. The Balaban J connectivity index is 2.20. The monoisotopic (exact) mass is 271 g/mol. The molecule has 1 unspecified atom stereocenters. The van der Waals surface area contributed by atoms with Crippen molar-refractivity contribution in [2.45, 2.75) is 13.0 Å². The lowest BCUT2D eigenvalue weighted by molar-refractivity contribution is 0.654. The van der Waals surface area contributed by atoms with Crippen LogP contribution in [-0.2, 0) is 7.05 Å². The Morgan fingerprint density at radius 1 is 1.26 bits per heavy atom. The van der Waals surface area contributed by atoms with Gasteiger partial charge in [0, 0.05) is 17.3 Å². The zero-order chi connectivity index (χ0) is 13.4. The molecule has 1 atom stereocenters. The molecular formula is C15H17N3S. The van der Waals surface area contributed by atoms with Crippen molar-refractivity contribution in [3.63, 3.8) is 0 Å². The smallest absolute Gasteiger partial charge is 0.0926 e. The summed E-state index contributed by atoms with van der Waals surface area (Å²) in [5.74, 6) is 0. The molecule has 0 aliphatic carbocycles. The van der Waals surface area contributed by atoms with Crippen molar-refractivity contribution in [2.24, 2.45) is 7.05 Å². The topological polar surface area (TPSA) is 29.9 Å². The number of nitrogens with zero attached hydrogens (tertiary/aromatic N) is 2. The highest BCUT2D eigenvalue weighted by atomic mass is 32.1. The standard InChI is InChI=1S/C15H17N3S/c1-10-8-9-19-15(10)14(16-2)13-11-6-4-5-7-12(11)18(3)17-13/h4-9,14,16H,1-3H3. The summed E-state index contributed by atoms with van der Waals surface area (Å²) in [6, 6.07) is 10.7. The number of aromatic nitrogens is 2. The van der Waals surface area contributed by atoms with Gasteiger partial charge in [0.1, 0.15) is 0 Å². The zero-order valence-electron chi connectivity index (χ0n) is 11.3. The normalized spacial score (nSPS) is 13.0. The number of fused-ring (bicyclic) bond motifs is 1. The molecule has 1 N–H and O–H groups in total. The maximum Gasteiger partial charge on any atom is 0.0926 e. The fourth-order valence-corrected chi connectivity index (χ4v) is 3.57. The molecule has 0 aliphatic heterocycles. The predicted octanol–water partition coefficient (Wildman–Crippen LogP) is 3.25. The Hall–Kier alpha value is -1.65. The van der Waals surface area contributed by atoms with E-state index in [0.29, 0.717) is 0 Å². The highest BCUT2D eigenvalue weighted by Crippen LogP contribution is 2.32. The van der Waals surface area contributed by atoms with E-state index in [1.54, 1.807) is 11.3 Å². The molecule has 0 radical (unpaired) electrons. The van der Waals surface area contributed by atoms with Gasteiger partial charge < -0.3 is 5.32 Å². The van der Waals surface area contributed by atoms with Gasteiger partial charge in [0.15, 0.2) is 0 Å². The summed E-state index contributed by atoms with van der Waals surface area (Å²) in [7, 11) is 3.99. The van der Waals surface area contributed by atoms with Crippen molar-refractivity contribution >= 4 is 22.2 Å². The van der Waals surface area contributed by atoms with Crippen LogP contribution in [0.2, 0.25) is 0 Å². The van der Waals surface area contributed by atoms with Crippen LogP contribution >= 0.6 is 11.3 Å². The SMILES string of the molecule is CNC(c1sccc1C)c1nn(C)c2ccccc12. The maximum atomic E-state index is 4.72. The molecule has 0 bridgehead atoms. The van der Waals surface area contributed by atoms with Crippen LogP contribution < -0.4 is 5.32 Å². The first-order valence-corrected chi connectivity index (χ1v) is 7.23. The van der Waals surface area contributed by atoms with Crippen LogP contribution in [0.1, 0.15) is 22.2 Å². The molecule has 3 rings (SSSR count). The average Bonchev–Trinajstić information content (AvgIpc) is 2.98. The number of aryl methyl sites for hydroxylation is 2. The van der Waals surface area contributed by atoms with E-state index in [4.69, 9.17) is 5.10 Å². The average molecular weight is 271 g/mol. The molecule has 0 saturated heterocycles. The number of para-hydroxylation sites is 1. The molecule has 3 aromatic rings. The highest BCUT2D eigenvalue weighted by molar-refractivity contribution is 7.10. The van der Waals surface area contributed by atoms with Gasteiger partial charge in [-0.15, -0.1) is 11.3 Å². The van der Waals surface area contributed by atoms with Crippen molar-refractivity contribution in [1.29, 1.82) is 0 Å². The molecule has 2 heterocycles. The van der Waals surface area contributed by atoms with E-state index < -0.39 is 0 Å². The second-order valence-corrected chi connectivity index (χ2v) is 5.66. The van der Waals surface area contributed by atoms with Gasteiger partial charge in [-0.3, -0.25) is 4.68 Å². The third-order valence-electron chi connectivity index (χ3n) is 3.51. The van der Waals surface area contributed by atoms with Gasteiger partial charge in [-0.1, -0.05) is 18.2 Å². The molecular weight excluding hydrogens is 254 g/mol. The number of hydrogen-bond donors (Lipinski definition) is 1. The Kier molecular flexibility index (Phi) is 3.12. The third kappa shape index (κ3) is 1.97. The van der Waals surface area contributed by atoms with Gasteiger partial charge in [-0.2, -0.15) is 5.10 Å². The fraction of sp³-hybridized carbons (Fsp3) is 0.267.